The molecule has 0 radical (unpaired) electrons. The highest BCUT2D eigenvalue weighted by molar-refractivity contribution is 9.10. The normalized spacial score (nSPS) is 11.4. The Morgan fingerprint density at radius 2 is 2.14 bits per heavy atom. The van der Waals surface area contributed by atoms with Crippen molar-refractivity contribution in [1.82, 2.24) is 19.3 Å². The maximum absolute atomic E-state index is 5.54. The molecular formula is C15H17BrN4S. The Balaban J connectivity index is 2.35. The van der Waals surface area contributed by atoms with Gasteiger partial charge in [-0.1, -0.05) is 25.5 Å². The lowest BCUT2D eigenvalue weighted by atomic mass is 10.2. The highest BCUT2D eigenvalue weighted by Crippen LogP contribution is 2.29. The molecule has 110 valence electrons. The van der Waals surface area contributed by atoms with E-state index in [2.05, 4.69) is 52.0 Å². The van der Waals surface area contributed by atoms with Gasteiger partial charge in [-0.2, -0.15) is 5.10 Å². The number of aromatic nitrogens is 4. The van der Waals surface area contributed by atoms with E-state index >= 15 is 0 Å². The number of fused-ring (bicyclic) bond motifs is 1. The summed E-state index contributed by atoms with van der Waals surface area (Å²) in [7, 11) is 1.96. The minimum atomic E-state index is 0.696. The molecule has 0 saturated heterocycles. The number of hydrogen-bond donors (Lipinski definition) is 1. The van der Waals surface area contributed by atoms with Crippen molar-refractivity contribution >= 4 is 39.3 Å². The van der Waals surface area contributed by atoms with E-state index in [-0.39, 0.29) is 0 Å². The van der Waals surface area contributed by atoms with Crippen LogP contribution < -0.4 is 0 Å². The summed E-state index contributed by atoms with van der Waals surface area (Å²) in [5.74, 6) is 0. The third kappa shape index (κ3) is 2.26. The maximum Gasteiger partial charge on any atom is 0.184 e. The fourth-order valence-electron chi connectivity index (χ4n) is 2.65. The number of nitrogens with one attached hydrogen (secondary N) is 1. The monoisotopic (exact) mass is 364 g/mol. The van der Waals surface area contributed by atoms with Crippen molar-refractivity contribution in [2.24, 2.45) is 7.05 Å². The Kier molecular flexibility index (Phi) is 3.75. The predicted molar refractivity (Wildman–Crippen MR) is 91.7 cm³/mol. The fraction of sp³-hybridized carbons (Fsp3) is 0.333. The Hall–Kier alpha value is -1.40. The second kappa shape index (κ2) is 5.42. The molecule has 0 aliphatic rings. The van der Waals surface area contributed by atoms with Crippen molar-refractivity contribution in [1.29, 1.82) is 0 Å². The van der Waals surface area contributed by atoms with Crippen LogP contribution >= 0.6 is 28.1 Å². The summed E-state index contributed by atoms with van der Waals surface area (Å²) in [5, 5.41) is 4.62. The van der Waals surface area contributed by atoms with Crippen molar-refractivity contribution in [2.45, 2.75) is 26.7 Å². The van der Waals surface area contributed by atoms with E-state index in [1.54, 1.807) is 0 Å². The van der Waals surface area contributed by atoms with Crippen LogP contribution in [0.4, 0.5) is 0 Å². The zero-order valence-electron chi connectivity index (χ0n) is 12.3. The largest absolute Gasteiger partial charge is 0.327 e. The van der Waals surface area contributed by atoms with E-state index in [1.165, 1.54) is 5.56 Å². The smallest absolute Gasteiger partial charge is 0.184 e. The molecule has 21 heavy (non-hydrogen) atoms. The summed E-state index contributed by atoms with van der Waals surface area (Å²) in [5.41, 5.74) is 5.34. The van der Waals surface area contributed by atoms with Crippen molar-refractivity contribution in [3.63, 3.8) is 0 Å². The van der Waals surface area contributed by atoms with Crippen LogP contribution in [0.25, 0.3) is 16.9 Å². The maximum atomic E-state index is 5.54. The zero-order valence-corrected chi connectivity index (χ0v) is 14.7. The topological polar surface area (TPSA) is 38.5 Å². The second-order valence-corrected chi connectivity index (χ2v) is 6.37. The van der Waals surface area contributed by atoms with Crippen LogP contribution in [0.1, 0.15) is 24.6 Å². The summed E-state index contributed by atoms with van der Waals surface area (Å²) in [4.78, 5) is 3.32. The van der Waals surface area contributed by atoms with Crippen LogP contribution in [0.15, 0.2) is 22.7 Å². The number of hydrogen-bond acceptors (Lipinski definition) is 2. The van der Waals surface area contributed by atoms with Gasteiger partial charge in [0, 0.05) is 11.5 Å². The molecule has 4 nitrogen and oxygen atoms in total. The quantitative estimate of drug-likeness (QED) is 0.697. The van der Waals surface area contributed by atoms with Crippen LogP contribution in [0, 0.1) is 11.7 Å². The molecule has 6 heteroatoms. The number of aryl methyl sites for hydroxylation is 3. The summed E-state index contributed by atoms with van der Waals surface area (Å²) in [6.07, 6.45) is 2.01. The van der Waals surface area contributed by atoms with Gasteiger partial charge in [0.1, 0.15) is 5.52 Å². The summed E-state index contributed by atoms with van der Waals surface area (Å²) in [6, 6.07) is 6.18. The van der Waals surface area contributed by atoms with Gasteiger partial charge in [-0.3, -0.25) is 4.57 Å². The number of aromatic amines is 1. The van der Waals surface area contributed by atoms with E-state index in [1.807, 2.05) is 22.4 Å². The number of rotatable bonds is 3. The molecule has 0 amide bonds. The van der Waals surface area contributed by atoms with Crippen molar-refractivity contribution in [2.75, 3.05) is 0 Å². The van der Waals surface area contributed by atoms with Gasteiger partial charge in [-0.15, -0.1) is 0 Å². The van der Waals surface area contributed by atoms with E-state index in [0.29, 0.717) is 4.77 Å². The third-order valence-corrected chi connectivity index (χ3v) is 4.95. The van der Waals surface area contributed by atoms with Crippen LogP contribution in [-0.4, -0.2) is 19.3 Å². The first kappa shape index (κ1) is 14.5. The lowest BCUT2D eigenvalue weighted by Gasteiger charge is -2.09. The van der Waals surface area contributed by atoms with Gasteiger partial charge in [0.25, 0.3) is 0 Å². The number of benzene rings is 1. The van der Waals surface area contributed by atoms with Crippen LogP contribution in [0.5, 0.6) is 0 Å². The first-order valence-corrected chi connectivity index (χ1v) is 8.16. The third-order valence-electron chi connectivity index (χ3n) is 3.64. The van der Waals surface area contributed by atoms with E-state index in [4.69, 9.17) is 12.2 Å². The summed E-state index contributed by atoms with van der Waals surface area (Å²) >= 11 is 9.21. The highest BCUT2D eigenvalue weighted by Gasteiger charge is 2.17. The first-order valence-electron chi connectivity index (χ1n) is 6.96. The Labute approximate surface area is 136 Å². The molecule has 0 saturated carbocycles. The molecule has 0 bridgehead atoms. The van der Waals surface area contributed by atoms with Gasteiger partial charge >= 0.3 is 0 Å². The molecule has 0 aliphatic heterocycles. The lowest BCUT2D eigenvalue weighted by Crippen LogP contribution is -2.02. The Morgan fingerprint density at radius 3 is 2.86 bits per heavy atom. The Morgan fingerprint density at radius 1 is 1.38 bits per heavy atom. The lowest BCUT2D eigenvalue weighted by molar-refractivity contribution is 0.735. The number of H-pyrrole nitrogens is 1. The van der Waals surface area contributed by atoms with Crippen LogP contribution in [0.2, 0.25) is 0 Å². The molecule has 0 spiro atoms. The summed E-state index contributed by atoms with van der Waals surface area (Å²) < 4.78 is 5.71. The molecule has 0 unspecified atom stereocenters. The standard InChI is InChI=1S/C15H17BrN4S/c1-4-6-10-13-14(19(3)18-10)20(15(21)17-13)11-8-5-7-9(2)12(11)16/h5,7-8H,4,6H2,1-3H3,(H,17,21). The van der Waals surface area contributed by atoms with Gasteiger partial charge in [0.2, 0.25) is 0 Å². The van der Waals surface area contributed by atoms with Crippen molar-refractivity contribution in [3.05, 3.63) is 38.7 Å². The van der Waals surface area contributed by atoms with E-state index in [0.717, 1.165) is 39.9 Å². The van der Waals surface area contributed by atoms with Gasteiger partial charge < -0.3 is 4.98 Å². The zero-order chi connectivity index (χ0) is 15.1. The SMILES string of the molecule is CCCc1nn(C)c2c1[nH]c(=S)n2-c1cccc(C)c1Br. The first-order chi connectivity index (χ1) is 10.0. The van der Waals surface area contributed by atoms with Gasteiger partial charge in [0.05, 0.1) is 11.4 Å². The Bertz CT molecular complexity index is 872. The molecule has 1 aromatic carbocycles. The molecule has 2 heterocycles. The van der Waals surface area contributed by atoms with Crippen LogP contribution in [0.3, 0.4) is 0 Å². The van der Waals surface area contributed by atoms with Crippen molar-refractivity contribution < 1.29 is 0 Å². The minimum Gasteiger partial charge on any atom is -0.327 e. The predicted octanol–water partition coefficient (Wildman–Crippen LogP) is 4.45. The van der Waals surface area contributed by atoms with Gasteiger partial charge in [-0.05, 0) is 53.1 Å². The molecule has 0 fully saturated rings. The van der Waals surface area contributed by atoms with Crippen LogP contribution in [-0.2, 0) is 13.5 Å². The average molecular weight is 365 g/mol. The molecule has 3 aromatic rings. The van der Waals surface area contributed by atoms with Gasteiger partial charge in [0.15, 0.2) is 10.4 Å². The molecule has 0 aliphatic carbocycles. The van der Waals surface area contributed by atoms with Crippen molar-refractivity contribution in [3.8, 4) is 5.69 Å². The average Bonchev–Trinajstić information content (AvgIpc) is 2.92. The molecule has 2 aromatic heterocycles. The van der Waals surface area contributed by atoms with E-state index < -0.39 is 0 Å². The molecule has 1 N–H and O–H groups in total. The fourth-order valence-corrected chi connectivity index (χ4v) is 3.38. The number of nitrogens with zero attached hydrogens (tertiary/aromatic N) is 3. The second-order valence-electron chi connectivity index (χ2n) is 5.19. The highest BCUT2D eigenvalue weighted by atomic mass is 79.9. The van der Waals surface area contributed by atoms with E-state index in [9.17, 15) is 0 Å². The molecule has 3 rings (SSSR count). The molecular weight excluding hydrogens is 348 g/mol. The summed E-state index contributed by atoms with van der Waals surface area (Å²) in [6.45, 7) is 4.23. The molecule has 0 atom stereocenters. The van der Waals surface area contributed by atoms with Gasteiger partial charge in [-0.25, -0.2) is 4.68 Å². The number of halogens is 1. The number of imidazole rings is 1. The minimum absolute atomic E-state index is 0.696.